The number of methoxy groups -OCH3 is 2. The lowest BCUT2D eigenvalue weighted by Crippen LogP contribution is -2.09. The Kier molecular flexibility index (Phi) is 7.64. The van der Waals surface area contributed by atoms with Gasteiger partial charge in [0.25, 0.3) is 5.91 Å². The first-order valence-electron chi connectivity index (χ1n) is 10.9. The normalized spacial score (nSPS) is 12.6. The molecule has 0 aliphatic heterocycles. The minimum absolute atomic E-state index is 0.195. The Hall–Kier alpha value is -3.89. The summed E-state index contributed by atoms with van der Waals surface area (Å²) in [5.74, 6) is 0.878. The van der Waals surface area contributed by atoms with Gasteiger partial charge in [-0.05, 0) is 43.7 Å². The number of carbonyl (C=O) groups is 1. The number of anilines is 1. The maximum atomic E-state index is 12.5. The number of nitrogens with zero attached hydrogens (tertiary/aromatic N) is 4. The van der Waals surface area contributed by atoms with Crippen LogP contribution in [0.25, 0.3) is 21.5 Å². The average molecular weight is 492 g/mol. The zero-order valence-electron chi connectivity index (χ0n) is 19.8. The van der Waals surface area contributed by atoms with Gasteiger partial charge in [-0.3, -0.25) is 9.78 Å². The van der Waals surface area contributed by atoms with Crippen molar-refractivity contribution in [2.75, 3.05) is 19.5 Å². The largest absolute Gasteiger partial charge is 0.467 e. The van der Waals surface area contributed by atoms with E-state index in [1.807, 2.05) is 32.0 Å². The SMILES string of the molecule is C/C=C/C=NC(=O)c1cc2c(NC(C)c3occc3-c3ccc(COC)cn3)nc(OC)nc2s1. The van der Waals surface area contributed by atoms with Gasteiger partial charge < -0.3 is 19.2 Å². The van der Waals surface area contributed by atoms with Gasteiger partial charge in [-0.2, -0.15) is 9.97 Å². The van der Waals surface area contributed by atoms with Crippen LogP contribution in [0.2, 0.25) is 0 Å². The van der Waals surface area contributed by atoms with Crippen molar-refractivity contribution in [1.29, 1.82) is 0 Å². The lowest BCUT2D eigenvalue weighted by molar-refractivity contribution is 0.101. The van der Waals surface area contributed by atoms with Crippen molar-refractivity contribution < 1.29 is 18.7 Å². The zero-order valence-corrected chi connectivity index (χ0v) is 20.6. The van der Waals surface area contributed by atoms with E-state index in [1.165, 1.54) is 24.7 Å². The maximum Gasteiger partial charge on any atom is 0.319 e. The van der Waals surface area contributed by atoms with Gasteiger partial charge in [0, 0.05) is 25.1 Å². The van der Waals surface area contributed by atoms with E-state index in [0.717, 1.165) is 16.8 Å². The van der Waals surface area contributed by atoms with E-state index >= 15 is 0 Å². The summed E-state index contributed by atoms with van der Waals surface area (Å²) >= 11 is 1.23. The maximum absolute atomic E-state index is 12.5. The van der Waals surface area contributed by atoms with Gasteiger partial charge in [0.15, 0.2) is 0 Å². The van der Waals surface area contributed by atoms with Crippen molar-refractivity contribution in [2.24, 2.45) is 4.99 Å². The number of amides is 1. The number of rotatable bonds is 9. The Balaban J connectivity index is 1.64. The number of nitrogens with one attached hydrogen (secondary N) is 1. The minimum atomic E-state index is -0.347. The van der Waals surface area contributed by atoms with E-state index in [2.05, 4.69) is 25.3 Å². The molecule has 35 heavy (non-hydrogen) atoms. The van der Waals surface area contributed by atoms with Crippen LogP contribution in [0.5, 0.6) is 6.01 Å². The Morgan fingerprint density at radius 2 is 2.14 bits per heavy atom. The lowest BCUT2D eigenvalue weighted by atomic mass is 10.1. The van der Waals surface area contributed by atoms with Gasteiger partial charge in [0.05, 0.1) is 42.0 Å². The number of ether oxygens (including phenoxy) is 2. The van der Waals surface area contributed by atoms with E-state index in [-0.39, 0.29) is 18.0 Å². The summed E-state index contributed by atoms with van der Waals surface area (Å²) in [4.78, 5) is 30.9. The van der Waals surface area contributed by atoms with Crippen LogP contribution >= 0.6 is 11.3 Å². The number of hydrogen-bond acceptors (Lipinski definition) is 9. The Labute approximate surface area is 206 Å². The standard InChI is InChI=1S/C25H25N5O4S/c1-5-6-10-26-23(31)20-12-18-22(29-25(33-4)30-24(18)35-20)28-15(2)21-17(9-11-34-21)19-8-7-16(13-27-19)14-32-3/h5-13,15H,14H2,1-4H3,(H,28,29,30)/b6-5+,26-10?. The van der Waals surface area contributed by atoms with Crippen molar-refractivity contribution >= 4 is 39.5 Å². The van der Waals surface area contributed by atoms with Gasteiger partial charge in [0.2, 0.25) is 0 Å². The number of pyridine rings is 1. The van der Waals surface area contributed by atoms with E-state index in [0.29, 0.717) is 33.3 Å². The molecule has 4 aromatic rings. The fourth-order valence-electron chi connectivity index (χ4n) is 3.44. The van der Waals surface area contributed by atoms with Gasteiger partial charge >= 0.3 is 6.01 Å². The highest BCUT2D eigenvalue weighted by atomic mass is 32.1. The molecule has 10 heteroatoms. The summed E-state index contributed by atoms with van der Waals surface area (Å²) in [6.45, 7) is 4.32. The molecular weight excluding hydrogens is 466 g/mol. The van der Waals surface area contributed by atoms with Crippen LogP contribution in [0.4, 0.5) is 5.82 Å². The summed E-state index contributed by atoms with van der Waals surface area (Å²) in [7, 11) is 3.15. The Morgan fingerprint density at radius 3 is 2.86 bits per heavy atom. The molecule has 9 nitrogen and oxygen atoms in total. The zero-order chi connectivity index (χ0) is 24.8. The highest BCUT2D eigenvalue weighted by Gasteiger charge is 2.21. The molecule has 4 aromatic heterocycles. The molecule has 4 heterocycles. The first-order valence-corrected chi connectivity index (χ1v) is 11.7. The minimum Gasteiger partial charge on any atom is -0.467 e. The molecule has 1 unspecified atom stereocenters. The van der Waals surface area contributed by atoms with Crippen LogP contribution in [0.15, 0.2) is 58.3 Å². The summed E-state index contributed by atoms with van der Waals surface area (Å²) in [6.07, 6.45) is 8.38. The molecule has 0 saturated heterocycles. The predicted molar refractivity (Wildman–Crippen MR) is 136 cm³/mol. The van der Waals surface area contributed by atoms with Crippen molar-refractivity contribution in [3.8, 4) is 17.3 Å². The van der Waals surface area contributed by atoms with E-state index in [1.54, 1.807) is 37.8 Å². The molecule has 0 bridgehead atoms. The Morgan fingerprint density at radius 1 is 1.29 bits per heavy atom. The smallest absolute Gasteiger partial charge is 0.319 e. The van der Waals surface area contributed by atoms with Crippen LogP contribution in [0.1, 0.15) is 40.9 Å². The molecule has 0 radical (unpaired) electrons. The lowest BCUT2D eigenvalue weighted by Gasteiger charge is -2.15. The van der Waals surface area contributed by atoms with Crippen LogP contribution in [0, 0.1) is 0 Å². The summed E-state index contributed by atoms with van der Waals surface area (Å²) in [5, 5.41) is 4.08. The van der Waals surface area contributed by atoms with Crippen LogP contribution in [-0.4, -0.2) is 41.3 Å². The molecule has 0 saturated carbocycles. The van der Waals surface area contributed by atoms with Gasteiger partial charge in [-0.1, -0.05) is 12.1 Å². The molecule has 180 valence electrons. The predicted octanol–water partition coefficient (Wildman–Crippen LogP) is 5.46. The number of carbonyl (C=O) groups excluding carboxylic acids is 1. The number of fused-ring (bicyclic) bond motifs is 1. The molecule has 0 aliphatic carbocycles. The van der Waals surface area contributed by atoms with Crippen molar-refractivity contribution in [3.63, 3.8) is 0 Å². The quantitative estimate of drug-likeness (QED) is 0.307. The topological polar surface area (TPSA) is 112 Å². The molecule has 1 N–H and O–H groups in total. The first-order chi connectivity index (χ1) is 17.0. The first kappa shape index (κ1) is 24.2. The molecule has 0 aromatic carbocycles. The number of aliphatic imine (C=N–C) groups is 1. The molecular formula is C25H25N5O4S. The second-order valence-electron chi connectivity index (χ2n) is 7.55. The third-order valence-corrected chi connectivity index (χ3v) is 6.11. The highest BCUT2D eigenvalue weighted by molar-refractivity contribution is 7.20. The molecule has 1 amide bonds. The summed E-state index contributed by atoms with van der Waals surface area (Å²) < 4.78 is 16.3. The number of hydrogen-bond donors (Lipinski definition) is 1. The van der Waals surface area contributed by atoms with E-state index in [9.17, 15) is 4.79 Å². The Bertz CT molecular complexity index is 1370. The van der Waals surface area contributed by atoms with Gasteiger partial charge in [0.1, 0.15) is 16.4 Å². The average Bonchev–Trinajstić information content (AvgIpc) is 3.52. The number of aromatic nitrogens is 3. The van der Waals surface area contributed by atoms with E-state index < -0.39 is 0 Å². The van der Waals surface area contributed by atoms with Crippen molar-refractivity contribution in [3.05, 3.63) is 65.1 Å². The molecule has 0 spiro atoms. The second-order valence-corrected chi connectivity index (χ2v) is 8.58. The highest BCUT2D eigenvalue weighted by Crippen LogP contribution is 2.35. The molecule has 4 rings (SSSR count). The fourth-order valence-corrected chi connectivity index (χ4v) is 4.36. The molecule has 1 atom stereocenters. The van der Waals surface area contributed by atoms with Crippen LogP contribution in [0.3, 0.4) is 0 Å². The van der Waals surface area contributed by atoms with Gasteiger partial charge in [-0.25, -0.2) is 4.99 Å². The van der Waals surface area contributed by atoms with Gasteiger partial charge in [-0.15, -0.1) is 11.3 Å². The fraction of sp³-hybridized carbons (Fsp3) is 0.240. The van der Waals surface area contributed by atoms with E-state index in [4.69, 9.17) is 13.9 Å². The molecule has 0 aliphatic rings. The third-order valence-electron chi connectivity index (χ3n) is 5.09. The van der Waals surface area contributed by atoms with Crippen molar-refractivity contribution in [2.45, 2.75) is 26.5 Å². The van der Waals surface area contributed by atoms with Crippen LogP contribution in [-0.2, 0) is 11.3 Å². The third kappa shape index (κ3) is 5.44. The van der Waals surface area contributed by atoms with Crippen LogP contribution < -0.4 is 10.1 Å². The second kappa shape index (κ2) is 11.0. The number of furan rings is 1. The number of allylic oxidation sites excluding steroid dienone is 2. The summed E-state index contributed by atoms with van der Waals surface area (Å²) in [5.41, 5.74) is 2.64. The summed E-state index contributed by atoms with van der Waals surface area (Å²) in [6, 6.07) is 7.46. The number of thiophene rings is 1. The monoisotopic (exact) mass is 491 g/mol. The molecule has 0 fully saturated rings. The van der Waals surface area contributed by atoms with Crippen molar-refractivity contribution in [1.82, 2.24) is 15.0 Å².